The van der Waals surface area contributed by atoms with Crippen molar-refractivity contribution in [3.8, 4) is 0 Å². The largest absolute Gasteiger partial charge is 0.307 e. The average molecular weight is 208 g/mol. The Kier molecular flexibility index (Phi) is 4.88. The molecule has 0 aromatic heterocycles. The quantitative estimate of drug-likeness (QED) is 0.649. The monoisotopic (exact) mass is 208 g/mol. The van der Waals surface area contributed by atoms with Gasteiger partial charge in [0.05, 0.1) is 6.26 Å². The van der Waals surface area contributed by atoms with Crippen molar-refractivity contribution in [2.75, 3.05) is 33.9 Å². The predicted molar refractivity (Wildman–Crippen MR) is 55.2 cm³/mol. The zero-order chi connectivity index (χ0) is 10.6. The summed E-state index contributed by atoms with van der Waals surface area (Å²) in [4.78, 5) is 2.08. The number of hydrogen-bond acceptors (Lipinski definition) is 3. The second-order valence-corrected chi connectivity index (χ2v) is 5.78. The first kappa shape index (κ1) is 12.9. The van der Waals surface area contributed by atoms with E-state index in [0.717, 1.165) is 6.42 Å². The smallest absolute Gasteiger partial charge is 0.210 e. The number of nitrogens with zero attached hydrogens (tertiary/aromatic N) is 2. The highest BCUT2D eigenvalue weighted by molar-refractivity contribution is 7.88. The Morgan fingerprint density at radius 1 is 1.23 bits per heavy atom. The third-order valence-corrected chi connectivity index (χ3v) is 3.62. The summed E-state index contributed by atoms with van der Waals surface area (Å²) in [6, 6.07) is 0.407. The fourth-order valence-corrected chi connectivity index (χ4v) is 1.23. The molecule has 1 atom stereocenters. The summed E-state index contributed by atoms with van der Waals surface area (Å²) < 4.78 is 23.4. The van der Waals surface area contributed by atoms with Gasteiger partial charge in [0.25, 0.3) is 0 Å². The van der Waals surface area contributed by atoms with Crippen LogP contribution in [-0.4, -0.2) is 57.6 Å². The van der Waals surface area contributed by atoms with Crippen molar-refractivity contribution < 1.29 is 8.42 Å². The van der Waals surface area contributed by atoms with E-state index in [-0.39, 0.29) is 0 Å². The van der Waals surface area contributed by atoms with Crippen LogP contribution in [0.25, 0.3) is 0 Å². The lowest BCUT2D eigenvalue weighted by molar-refractivity contribution is 0.283. The van der Waals surface area contributed by atoms with Crippen LogP contribution in [0, 0.1) is 0 Å². The van der Waals surface area contributed by atoms with E-state index in [1.807, 2.05) is 14.1 Å². The molecule has 0 saturated heterocycles. The average Bonchev–Trinajstić information content (AvgIpc) is 1.97. The lowest BCUT2D eigenvalue weighted by Crippen LogP contribution is -2.32. The summed E-state index contributed by atoms with van der Waals surface area (Å²) in [7, 11) is 2.58. The lowest BCUT2D eigenvalue weighted by atomic mass is 10.2. The van der Waals surface area contributed by atoms with Crippen molar-refractivity contribution in [2.24, 2.45) is 0 Å². The van der Waals surface area contributed by atoms with Crippen LogP contribution < -0.4 is 0 Å². The van der Waals surface area contributed by atoms with Gasteiger partial charge in [-0.3, -0.25) is 0 Å². The SMILES string of the molecule is CC(CCN(C)S(C)(=O)=O)N(C)C. The minimum atomic E-state index is -3.01. The molecule has 0 spiro atoms. The molecule has 0 radical (unpaired) electrons. The van der Waals surface area contributed by atoms with Gasteiger partial charge >= 0.3 is 0 Å². The first-order chi connectivity index (χ1) is 5.75. The molecule has 13 heavy (non-hydrogen) atoms. The molecule has 0 saturated carbocycles. The topological polar surface area (TPSA) is 40.6 Å². The molecule has 0 aromatic carbocycles. The minimum absolute atomic E-state index is 0.407. The van der Waals surface area contributed by atoms with E-state index in [9.17, 15) is 8.42 Å². The van der Waals surface area contributed by atoms with Crippen molar-refractivity contribution in [2.45, 2.75) is 19.4 Å². The molecule has 1 unspecified atom stereocenters. The van der Waals surface area contributed by atoms with Crippen LogP contribution in [0.5, 0.6) is 0 Å². The molecule has 0 rings (SSSR count). The zero-order valence-electron chi connectivity index (χ0n) is 9.11. The third kappa shape index (κ3) is 5.23. The van der Waals surface area contributed by atoms with Crippen LogP contribution >= 0.6 is 0 Å². The Morgan fingerprint density at radius 3 is 2.00 bits per heavy atom. The summed E-state index contributed by atoms with van der Waals surface area (Å²) in [5.41, 5.74) is 0. The van der Waals surface area contributed by atoms with E-state index in [1.54, 1.807) is 7.05 Å². The van der Waals surface area contributed by atoms with Crippen LogP contribution in [0.2, 0.25) is 0 Å². The Morgan fingerprint density at radius 2 is 1.69 bits per heavy atom. The van der Waals surface area contributed by atoms with Crippen LogP contribution in [0.1, 0.15) is 13.3 Å². The number of rotatable bonds is 5. The fraction of sp³-hybridized carbons (Fsp3) is 1.00. The van der Waals surface area contributed by atoms with Gasteiger partial charge in [-0.1, -0.05) is 0 Å². The molecule has 0 bridgehead atoms. The van der Waals surface area contributed by atoms with Crippen LogP contribution in [0.4, 0.5) is 0 Å². The van der Waals surface area contributed by atoms with Gasteiger partial charge in [0.2, 0.25) is 10.0 Å². The molecule has 0 aliphatic carbocycles. The number of sulfonamides is 1. The molecule has 80 valence electrons. The molecule has 0 fully saturated rings. The summed E-state index contributed by atoms with van der Waals surface area (Å²) in [6.45, 7) is 2.66. The van der Waals surface area contributed by atoms with E-state index < -0.39 is 10.0 Å². The minimum Gasteiger partial charge on any atom is -0.307 e. The van der Waals surface area contributed by atoms with Gasteiger partial charge < -0.3 is 4.90 Å². The second-order valence-electron chi connectivity index (χ2n) is 3.69. The molecular formula is C8H20N2O2S. The van der Waals surface area contributed by atoms with E-state index in [1.165, 1.54) is 10.6 Å². The summed E-state index contributed by atoms with van der Waals surface area (Å²) >= 11 is 0. The first-order valence-electron chi connectivity index (χ1n) is 4.33. The molecule has 4 nitrogen and oxygen atoms in total. The Labute approximate surface area is 81.6 Å². The van der Waals surface area contributed by atoms with Crippen LogP contribution in [0.3, 0.4) is 0 Å². The maximum Gasteiger partial charge on any atom is 0.210 e. The Hall–Kier alpha value is -0.130. The molecule has 0 aliphatic rings. The summed E-state index contributed by atoms with van der Waals surface area (Å²) in [5.74, 6) is 0. The zero-order valence-corrected chi connectivity index (χ0v) is 9.93. The highest BCUT2D eigenvalue weighted by atomic mass is 32.2. The normalized spacial score (nSPS) is 15.3. The van der Waals surface area contributed by atoms with Gasteiger partial charge in [-0.15, -0.1) is 0 Å². The first-order valence-corrected chi connectivity index (χ1v) is 6.17. The molecule has 0 aliphatic heterocycles. The Bertz CT molecular complexity index is 237. The third-order valence-electron chi connectivity index (χ3n) is 2.31. The summed E-state index contributed by atoms with van der Waals surface area (Å²) in [6.07, 6.45) is 2.09. The van der Waals surface area contributed by atoms with E-state index in [4.69, 9.17) is 0 Å². The van der Waals surface area contributed by atoms with Gasteiger partial charge in [0.1, 0.15) is 0 Å². The Balaban J connectivity index is 3.91. The van der Waals surface area contributed by atoms with Gasteiger partial charge in [0, 0.05) is 19.6 Å². The van der Waals surface area contributed by atoms with Gasteiger partial charge in [-0.2, -0.15) is 0 Å². The lowest BCUT2D eigenvalue weighted by Gasteiger charge is -2.22. The maximum atomic E-state index is 11.0. The molecule has 0 heterocycles. The fourth-order valence-electron chi connectivity index (χ4n) is 0.793. The second kappa shape index (κ2) is 4.93. The van der Waals surface area contributed by atoms with Crippen molar-refractivity contribution in [3.05, 3.63) is 0 Å². The van der Waals surface area contributed by atoms with Crippen LogP contribution in [-0.2, 0) is 10.0 Å². The van der Waals surface area contributed by atoms with Crippen molar-refractivity contribution in [1.29, 1.82) is 0 Å². The molecule has 0 aromatic rings. The highest BCUT2D eigenvalue weighted by Crippen LogP contribution is 2.01. The molecular weight excluding hydrogens is 188 g/mol. The number of hydrogen-bond donors (Lipinski definition) is 0. The predicted octanol–water partition coefficient (Wildman–Crippen LogP) is 0.218. The van der Waals surface area contributed by atoms with E-state index in [2.05, 4.69) is 11.8 Å². The highest BCUT2D eigenvalue weighted by Gasteiger charge is 2.12. The standard InChI is InChI=1S/C8H20N2O2S/c1-8(9(2)3)6-7-10(4)13(5,11)12/h8H,6-7H2,1-5H3. The van der Waals surface area contributed by atoms with E-state index >= 15 is 0 Å². The molecule has 5 heteroatoms. The van der Waals surface area contributed by atoms with E-state index in [0.29, 0.717) is 12.6 Å². The summed E-state index contributed by atoms with van der Waals surface area (Å²) in [5, 5.41) is 0. The van der Waals surface area contributed by atoms with Crippen LogP contribution in [0.15, 0.2) is 0 Å². The van der Waals surface area contributed by atoms with Gasteiger partial charge in [-0.25, -0.2) is 12.7 Å². The van der Waals surface area contributed by atoms with Crippen molar-refractivity contribution in [3.63, 3.8) is 0 Å². The van der Waals surface area contributed by atoms with Gasteiger partial charge in [-0.05, 0) is 27.4 Å². The molecule has 0 amide bonds. The van der Waals surface area contributed by atoms with Crippen molar-refractivity contribution >= 4 is 10.0 Å². The van der Waals surface area contributed by atoms with Crippen molar-refractivity contribution in [1.82, 2.24) is 9.21 Å². The maximum absolute atomic E-state index is 11.0. The van der Waals surface area contributed by atoms with Gasteiger partial charge in [0.15, 0.2) is 0 Å². The molecule has 0 N–H and O–H groups in total.